The smallest absolute Gasteiger partial charge is 0.252 e. The van der Waals surface area contributed by atoms with Gasteiger partial charge in [-0.05, 0) is 44.7 Å². The molecule has 0 spiro atoms. The number of aliphatic hydroxyl groups is 1. The second-order valence-electron chi connectivity index (χ2n) is 6.91. The molecule has 0 bridgehead atoms. The maximum absolute atomic E-state index is 12.2. The van der Waals surface area contributed by atoms with E-state index in [0.717, 1.165) is 25.9 Å². The summed E-state index contributed by atoms with van der Waals surface area (Å²) in [5.41, 5.74) is -1.21. The molecule has 0 aromatic rings. The predicted octanol–water partition coefficient (Wildman–Crippen LogP) is 0.534. The van der Waals surface area contributed by atoms with E-state index in [2.05, 4.69) is 10.6 Å². The van der Waals surface area contributed by atoms with Gasteiger partial charge in [0.25, 0.3) is 5.91 Å². The zero-order valence-electron chi connectivity index (χ0n) is 14.1. The molecule has 0 unspecified atom stereocenters. The average molecular weight is 348 g/mol. The fourth-order valence-corrected chi connectivity index (χ4v) is 3.19. The lowest BCUT2D eigenvalue weighted by molar-refractivity contribution is -0.143. The summed E-state index contributed by atoms with van der Waals surface area (Å²) in [7, 11) is 0. The molecule has 23 heavy (non-hydrogen) atoms. The number of halogens is 1. The summed E-state index contributed by atoms with van der Waals surface area (Å²) < 4.78 is 0. The quantitative estimate of drug-likeness (QED) is 0.693. The van der Waals surface area contributed by atoms with Crippen molar-refractivity contribution >= 4 is 24.2 Å². The van der Waals surface area contributed by atoms with Crippen LogP contribution in [0, 0.1) is 11.8 Å². The van der Waals surface area contributed by atoms with Gasteiger partial charge in [-0.2, -0.15) is 0 Å². The molecule has 2 amide bonds. The van der Waals surface area contributed by atoms with Crippen LogP contribution in [0.5, 0.6) is 0 Å². The van der Waals surface area contributed by atoms with Gasteiger partial charge in [0.15, 0.2) is 0 Å². The average Bonchev–Trinajstić information content (AvgIpc) is 2.53. The Morgan fingerprint density at radius 3 is 2.35 bits per heavy atom. The van der Waals surface area contributed by atoms with Gasteiger partial charge in [-0.15, -0.1) is 12.4 Å². The van der Waals surface area contributed by atoms with E-state index in [-0.39, 0.29) is 30.1 Å². The Morgan fingerprint density at radius 2 is 1.83 bits per heavy atom. The number of likely N-dealkylation sites (tertiary alicyclic amines) is 1. The van der Waals surface area contributed by atoms with Crippen molar-refractivity contribution in [2.75, 3.05) is 32.7 Å². The molecular weight excluding hydrogens is 318 g/mol. The maximum atomic E-state index is 12.2. The van der Waals surface area contributed by atoms with Crippen molar-refractivity contribution in [3.63, 3.8) is 0 Å². The Kier molecular flexibility index (Phi) is 7.77. The zero-order valence-corrected chi connectivity index (χ0v) is 15.0. The van der Waals surface area contributed by atoms with E-state index in [1.807, 2.05) is 18.7 Å². The summed E-state index contributed by atoms with van der Waals surface area (Å²) in [4.78, 5) is 26.0. The largest absolute Gasteiger partial charge is 0.380 e. The summed E-state index contributed by atoms with van der Waals surface area (Å²) in [5, 5.41) is 16.4. The Balaban J connectivity index is 0.00000264. The van der Waals surface area contributed by atoms with E-state index >= 15 is 0 Å². The minimum Gasteiger partial charge on any atom is -0.380 e. The van der Waals surface area contributed by atoms with Gasteiger partial charge in [0.05, 0.1) is 0 Å². The third kappa shape index (κ3) is 5.33. The molecule has 0 radical (unpaired) electrons. The van der Waals surface area contributed by atoms with Gasteiger partial charge in [0, 0.05) is 25.6 Å². The molecule has 2 aliphatic rings. The van der Waals surface area contributed by atoms with Gasteiger partial charge >= 0.3 is 0 Å². The third-order valence-electron chi connectivity index (χ3n) is 4.82. The summed E-state index contributed by atoms with van der Waals surface area (Å²) >= 11 is 0. The number of rotatable bonds is 4. The van der Waals surface area contributed by atoms with Crippen LogP contribution >= 0.6 is 12.4 Å². The minimum atomic E-state index is -1.21. The van der Waals surface area contributed by atoms with E-state index in [1.165, 1.54) is 0 Å². The van der Waals surface area contributed by atoms with E-state index in [9.17, 15) is 14.7 Å². The van der Waals surface area contributed by atoms with E-state index in [0.29, 0.717) is 38.4 Å². The number of carbonyl (C=O) groups is 2. The first kappa shape index (κ1) is 20.2. The van der Waals surface area contributed by atoms with Crippen LogP contribution in [0.2, 0.25) is 0 Å². The van der Waals surface area contributed by atoms with Crippen LogP contribution in [-0.4, -0.2) is 60.1 Å². The number of nitrogens with zero attached hydrogens (tertiary/aromatic N) is 1. The van der Waals surface area contributed by atoms with Crippen molar-refractivity contribution in [3.8, 4) is 0 Å². The summed E-state index contributed by atoms with van der Waals surface area (Å²) in [6.07, 6.45) is 2.78. The first-order chi connectivity index (χ1) is 10.4. The van der Waals surface area contributed by atoms with Gasteiger partial charge < -0.3 is 20.6 Å². The van der Waals surface area contributed by atoms with Crippen LogP contribution in [-0.2, 0) is 9.59 Å². The van der Waals surface area contributed by atoms with Gasteiger partial charge in [-0.1, -0.05) is 13.8 Å². The predicted molar refractivity (Wildman–Crippen MR) is 91.5 cm³/mol. The van der Waals surface area contributed by atoms with Crippen LogP contribution in [0.4, 0.5) is 0 Å². The van der Waals surface area contributed by atoms with Crippen molar-refractivity contribution in [1.82, 2.24) is 15.5 Å². The van der Waals surface area contributed by atoms with Crippen molar-refractivity contribution in [2.24, 2.45) is 11.8 Å². The van der Waals surface area contributed by atoms with Crippen molar-refractivity contribution < 1.29 is 14.7 Å². The molecule has 0 atom stereocenters. The molecule has 0 aromatic carbocycles. The fraction of sp³-hybridized carbons (Fsp3) is 0.875. The lowest BCUT2D eigenvalue weighted by Gasteiger charge is -2.35. The van der Waals surface area contributed by atoms with Crippen molar-refractivity contribution in [1.29, 1.82) is 0 Å². The molecule has 2 fully saturated rings. The summed E-state index contributed by atoms with van der Waals surface area (Å²) in [6.45, 7) is 7.34. The molecule has 134 valence electrons. The highest BCUT2D eigenvalue weighted by Gasteiger charge is 2.37. The molecule has 2 aliphatic heterocycles. The van der Waals surface area contributed by atoms with Crippen LogP contribution in [0.3, 0.4) is 0 Å². The number of amides is 2. The van der Waals surface area contributed by atoms with Crippen molar-refractivity contribution in [2.45, 2.75) is 45.1 Å². The van der Waals surface area contributed by atoms with Crippen molar-refractivity contribution in [3.05, 3.63) is 0 Å². The maximum Gasteiger partial charge on any atom is 0.252 e. The lowest BCUT2D eigenvalue weighted by atomic mass is 9.90. The highest BCUT2D eigenvalue weighted by molar-refractivity contribution is 5.85. The Labute approximate surface area is 144 Å². The molecular formula is C16H30ClN3O3. The monoisotopic (exact) mass is 347 g/mol. The number of carbonyl (C=O) groups excluding carboxylic acids is 2. The molecule has 0 aliphatic carbocycles. The zero-order chi connectivity index (χ0) is 16.2. The van der Waals surface area contributed by atoms with E-state index in [4.69, 9.17) is 0 Å². The lowest BCUT2D eigenvalue weighted by Crippen LogP contribution is -2.54. The van der Waals surface area contributed by atoms with Gasteiger partial charge in [0.2, 0.25) is 5.91 Å². The Morgan fingerprint density at radius 1 is 1.26 bits per heavy atom. The molecule has 0 saturated carbocycles. The topological polar surface area (TPSA) is 81.7 Å². The molecule has 2 saturated heterocycles. The van der Waals surface area contributed by atoms with Crippen LogP contribution in [0.1, 0.15) is 39.5 Å². The fourth-order valence-electron chi connectivity index (χ4n) is 3.19. The molecule has 2 rings (SSSR count). The first-order valence-electron chi connectivity index (χ1n) is 8.42. The first-order valence-corrected chi connectivity index (χ1v) is 8.42. The molecule has 7 heteroatoms. The minimum absolute atomic E-state index is 0. The standard InChI is InChI=1S/C16H29N3O3.ClH/c1-12(2)14(20)19-9-3-13(4-10-19)11-18-15(21)16(22)5-7-17-8-6-16;/h12-13,17,22H,3-11H2,1-2H3,(H,18,21);1H. The van der Waals surface area contributed by atoms with E-state index < -0.39 is 5.60 Å². The molecule has 3 N–H and O–H groups in total. The van der Waals surface area contributed by atoms with E-state index in [1.54, 1.807) is 0 Å². The highest BCUT2D eigenvalue weighted by Crippen LogP contribution is 2.20. The molecule has 0 aromatic heterocycles. The second kappa shape index (κ2) is 8.85. The van der Waals surface area contributed by atoms with Crippen LogP contribution in [0.25, 0.3) is 0 Å². The normalized spacial score (nSPS) is 21.7. The number of hydrogen-bond acceptors (Lipinski definition) is 4. The molecule has 6 nitrogen and oxygen atoms in total. The summed E-state index contributed by atoms with van der Waals surface area (Å²) in [6, 6.07) is 0. The summed E-state index contributed by atoms with van der Waals surface area (Å²) in [5.74, 6) is 0.414. The molecule has 2 heterocycles. The third-order valence-corrected chi connectivity index (χ3v) is 4.82. The SMILES string of the molecule is CC(C)C(=O)N1CCC(CNC(=O)C2(O)CCNCC2)CC1.Cl. The van der Waals surface area contributed by atoms with Crippen LogP contribution in [0.15, 0.2) is 0 Å². The highest BCUT2D eigenvalue weighted by atomic mass is 35.5. The Bertz CT molecular complexity index is 403. The van der Waals surface area contributed by atoms with Gasteiger partial charge in [-0.3, -0.25) is 9.59 Å². The van der Waals surface area contributed by atoms with Gasteiger partial charge in [0.1, 0.15) is 5.60 Å². The number of hydrogen-bond donors (Lipinski definition) is 3. The van der Waals surface area contributed by atoms with Crippen LogP contribution < -0.4 is 10.6 Å². The number of nitrogens with one attached hydrogen (secondary N) is 2. The van der Waals surface area contributed by atoms with Gasteiger partial charge in [-0.25, -0.2) is 0 Å². The number of piperidine rings is 2. The second-order valence-corrected chi connectivity index (χ2v) is 6.91. The Hall–Kier alpha value is -0.850.